The van der Waals surface area contributed by atoms with Crippen molar-refractivity contribution in [3.63, 3.8) is 0 Å². The summed E-state index contributed by atoms with van der Waals surface area (Å²) in [4.78, 5) is 2.20. The molecular formula is C20H27NO. The van der Waals surface area contributed by atoms with Crippen molar-refractivity contribution in [1.29, 1.82) is 0 Å². The van der Waals surface area contributed by atoms with Crippen LogP contribution in [-0.2, 0) is 0 Å². The number of benzene rings is 1. The minimum atomic E-state index is 0.202. The Morgan fingerprint density at radius 3 is 2.55 bits per heavy atom. The molecule has 1 saturated carbocycles. The van der Waals surface area contributed by atoms with Crippen LogP contribution in [0.25, 0.3) is 0 Å². The van der Waals surface area contributed by atoms with E-state index in [0.29, 0.717) is 17.1 Å². The van der Waals surface area contributed by atoms with Gasteiger partial charge in [-0.2, -0.15) is 0 Å². The van der Waals surface area contributed by atoms with Gasteiger partial charge in [-0.1, -0.05) is 51.6 Å². The topological polar surface area (TPSA) is 23.5 Å². The van der Waals surface area contributed by atoms with Crippen molar-refractivity contribution < 1.29 is 5.11 Å². The van der Waals surface area contributed by atoms with Gasteiger partial charge < -0.3 is 10.0 Å². The van der Waals surface area contributed by atoms with Gasteiger partial charge in [0.2, 0.25) is 0 Å². The molecule has 1 spiro atoms. The second-order valence-electron chi connectivity index (χ2n) is 7.72. The molecule has 1 heterocycles. The summed E-state index contributed by atoms with van der Waals surface area (Å²) in [7, 11) is 0. The standard InChI is InChI=1S/C20H27NO/c1-15-9-10-20(11-12-20)19(3,4)13-16(2)21(14-15)17-7-5-6-8-18(17)22/h5-10,15,22H,2,11-14H2,1,3-4H3/b10-9-/t15-/m1/s1. The van der Waals surface area contributed by atoms with Crippen molar-refractivity contribution >= 4 is 5.69 Å². The first-order valence-corrected chi connectivity index (χ1v) is 8.27. The van der Waals surface area contributed by atoms with Crippen molar-refractivity contribution in [1.82, 2.24) is 0 Å². The monoisotopic (exact) mass is 297 g/mol. The maximum absolute atomic E-state index is 10.2. The zero-order valence-corrected chi connectivity index (χ0v) is 14.0. The van der Waals surface area contributed by atoms with Crippen LogP contribution in [0.1, 0.15) is 40.0 Å². The third-order valence-electron chi connectivity index (χ3n) is 5.55. The number of anilines is 1. The Morgan fingerprint density at radius 2 is 1.91 bits per heavy atom. The van der Waals surface area contributed by atoms with E-state index in [1.54, 1.807) is 6.07 Å². The molecule has 2 aliphatic rings. The molecule has 0 bridgehead atoms. The Morgan fingerprint density at radius 1 is 1.23 bits per heavy atom. The fourth-order valence-corrected chi connectivity index (χ4v) is 3.77. The molecule has 1 atom stereocenters. The molecule has 1 fully saturated rings. The van der Waals surface area contributed by atoms with E-state index in [2.05, 4.69) is 44.4 Å². The highest BCUT2D eigenvalue weighted by atomic mass is 16.3. The molecule has 0 radical (unpaired) electrons. The molecule has 2 nitrogen and oxygen atoms in total. The lowest BCUT2D eigenvalue weighted by Crippen LogP contribution is -2.31. The van der Waals surface area contributed by atoms with E-state index in [0.717, 1.165) is 24.4 Å². The number of nitrogens with zero attached hydrogens (tertiary/aromatic N) is 1. The summed E-state index contributed by atoms with van der Waals surface area (Å²) in [5.74, 6) is 0.765. The Hall–Kier alpha value is -1.70. The molecule has 0 aromatic heterocycles. The SMILES string of the molecule is C=C1CC(C)(C)C2(/C=C\[C@@H](C)CN1c1ccccc1O)CC2. The van der Waals surface area contributed by atoms with Crippen molar-refractivity contribution in [3.8, 4) is 5.75 Å². The van der Waals surface area contributed by atoms with E-state index < -0.39 is 0 Å². The van der Waals surface area contributed by atoms with Gasteiger partial charge in [0.25, 0.3) is 0 Å². The summed E-state index contributed by atoms with van der Waals surface area (Å²) in [6.07, 6.45) is 8.35. The van der Waals surface area contributed by atoms with Crippen LogP contribution >= 0.6 is 0 Å². The lowest BCUT2D eigenvalue weighted by Gasteiger charge is -2.36. The lowest BCUT2D eigenvalue weighted by molar-refractivity contribution is 0.234. The van der Waals surface area contributed by atoms with E-state index in [1.807, 2.05) is 18.2 Å². The highest BCUT2D eigenvalue weighted by molar-refractivity contribution is 5.61. The van der Waals surface area contributed by atoms with Crippen LogP contribution in [0.4, 0.5) is 5.69 Å². The number of rotatable bonds is 1. The zero-order chi connectivity index (χ0) is 16.0. The number of aromatic hydroxyl groups is 1. The van der Waals surface area contributed by atoms with E-state index in [9.17, 15) is 5.11 Å². The van der Waals surface area contributed by atoms with Gasteiger partial charge in [0.15, 0.2) is 0 Å². The van der Waals surface area contributed by atoms with Crippen molar-refractivity contribution in [2.24, 2.45) is 16.7 Å². The average molecular weight is 297 g/mol. The van der Waals surface area contributed by atoms with Gasteiger partial charge >= 0.3 is 0 Å². The molecule has 0 unspecified atom stereocenters. The number of phenolic OH excluding ortho intramolecular Hbond substituents is 1. The maximum Gasteiger partial charge on any atom is 0.139 e. The van der Waals surface area contributed by atoms with Crippen LogP contribution in [0.5, 0.6) is 5.75 Å². The fourth-order valence-electron chi connectivity index (χ4n) is 3.77. The summed E-state index contributed by atoms with van der Waals surface area (Å²) in [5.41, 5.74) is 2.52. The van der Waals surface area contributed by atoms with Gasteiger partial charge in [0, 0.05) is 12.2 Å². The second kappa shape index (κ2) is 5.19. The smallest absolute Gasteiger partial charge is 0.139 e. The predicted molar refractivity (Wildman–Crippen MR) is 93.0 cm³/mol. The molecule has 3 rings (SSSR count). The van der Waals surface area contributed by atoms with Crippen LogP contribution in [0.15, 0.2) is 48.7 Å². The molecule has 0 saturated heterocycles. The predicted octanol–water partition coefficient (Wildman–Crippen LogP) is 5.11. The maximum atomic E-state index is 10.2. The second-order valence-corrected chi connectivity index (χ2v) is 7.72. The van der Waals surface area contributed by atoms with Gasteiger partial charge in [-0.25, -0.2) is 0 Å². The molecule has 1 aromatic rings. The summed E-state index contributed by atoms with van der Waals surface area (Å²) in [6, 6.07) is 7.57. The molecule has 1 aromatic carbocycles. The van der Waals surface area contributed by atoms with Crippen LogP contribution in [-0.4, -0.2) is 11.7 Å². The molecule has 1 N–H and O–H groups in total. The normalized spacial score (nSPS) is 27.9. The van der Waals surface area contributed by atoms with Gasteiger partial charge in [-0.3, -0.25) is 0 Å². The van der Waals surface area contributed by atoms with Crippen molar-refractivity contribution in [2.45, 2.75) is 40.0 Å². The Labute approximate surface area is 134 Å². The highest BCUT2D eigenvalue weighted by Crippen LogP contribution is 2.62. The lowest BCUT2D eigenvalue weighted by atomic mass is 9.72. The van der Waals surface area contributed by atoms with Gasteiger partial charge in [-0.05, 0) is 48.1 Å². The Kier molecular flexibility index (Phi) is 3.58. The van der Waals surface area contributed by atoms with Crippen LogP contribution in [0, 0.1) is 16.7 Å². The Balaban J connectivity index is 1.98. The Bertz CT molecular complexity index is 610. The third-order valence-corrected chi connectivity index (χ3v) is 5.55. The van der Waals surface area contributed by atoms with Gasteiger partial charge in [0.05, 0.1) is 5.69 Å². The highest BCUT2D eigenvalue weighted by Gasteiger charge is 2.52. The summed E-state index contributed by atoms with van der Waals surface area (Å²) in [6.45, 7) is 12.2. The van der Waals surface area contributed by atoms with Crippen molar-refractivity contribution in [3.05, 3.63) is 48.7 Å². The minimum Gasteiger partial charge on any atom is -0.506 e. The van der Waals surface area contributed by atoms with Crippen LogP contribution < -0.4 is 4.90 Å². The molecule has 1 aliphatic carbocycles. The van der Waals surface area contributed by atoms with Crippen LogP contribution in [0.3, 0.4) is 0 Å². The summed E-state index contributed by atoms with van der Waals surface area (Å²) >= 11 is 0. The first-order valence-electron chi connectivity index (χ1n) is 8.27. The average Bonchev–Trinajstić information content (AvgIpc) is 3.23. The zero-order valence-electron chi connectivity index (χ0n) is 14.0. The van der Waals surface area contributed by atoms with Gasteiger partial charge in [0.1, 0.15) is 5.75 Å². The fraction of sp³-hybridized carbons (Fsp3) is 0.500. The molecular weight excluding hydrogens is 270 g/mol. The summed E-state index contributed by atoms with van der Waals surface area (Å²) < 4.78 is 0. The largest absolute Gasteiger partial charge is 0.506 e. The van der Waals surface area contributed by atoms with E-state index in [-0.39, 0.29) is 5.41 Å². The number of allylic oxidation sites excluding steroid dienone is 2. The number of hydrogen-bond acceptors (Lipinski definition) is 2. The first kappa shape index (κ1) is 15.2. The third kappa shape index (κ3) is 2.55. The number of hydrogen-bond donors (Lipinski definition) is 1. The molecule has 0 amide bonds. The molecule has 2 heteroatoms. The first-order chi connectivity index (χ1) is 10.3. The van der Waals surface area contributed by atoms with E-state index >= 15 is 0 Å². The van der Waals surface area contributed by atoms with Crippen LogP contribution in [0.2, 0.25) is 0 Å². The molecule has 1 aliphatic heterocycles. The minimum absolute atomic E-state index is 0.202. The molecule has 118 valence electrons. The number of para-hydroxylation sites is 2. The van der Waals surface area contributed by atoms with E-state index in [4.69, 9.17) is 0 Å². The van der Waals surface area contributed by atoms with E-state index in [1.165, 1.54) is 12.8 Å². The number of phenols is 1. The van der Waals surface area contributed by atoms with Gasteiger partial charge in [-0.15, -0.1) is 0 Å². The van der Waals surface area contributed by atoms with Crippen molar-refractivity contribution in [2.75, 3.05) is 11.4 Å². The quantitative estimate of drug-likeness (QED) is 0.728. The molecule has 22 heavy (non-hydrogen) atoms. The summed E-state index contributed by atoms with van der Waals surface area (Å²) in [5, 5.41) is 10.2.